The molecule has 126 valence electrons. The van der Waals surface area contributed by atoms with Crippen LogP contribution in [-0.4, -0.2) is 25.6 Å². The molecule has 0 atom stereocenters. The van der Waals surface area contributed by atoms with E-state index in [2.05, 4.69) is 20.3 Å². The summed E-state index contributed by atoms with van der Waals surface area (Å²) in [6.07, 6.45) is 4.49. The molecular weight excluding hydrogens is 347 g/mol. The van der Waals surface area contributed by atoms with E-state index in [9.17, 15) is 18.0 Å². The van der Waals surface area contributed by atoms with Gasteiger partial charge in [-0.15, -0.1) is 0 Å². The summed E-state index contributed by atoms with van der Waals surface area (Å²) < 4.78 is 39.0. The van der Waals surface area contributed by atoms with Gasteiger partial charge in [0.05, 0.1) is 16.9 Å². The summed E-state index contributed by atoms with van der Waals surface area (Å²) >= 11 is 5.47. The van der Waals surface area contributed by atoms with E-state index in [4.69, 9.17) is 11.6 Å². The fourth-order valence-corrected chi connectivity index (χ4v) is 1.83. The first-order valence-electron chi connectivity index (χ1n) is 6.46. The van der Waals surface area contributed by atoms with E-state index in [1.165, 1.54) is 24.8 Å². The van der Waals surface area contributed by atoms with Gasteiger partial charge in [0.2, 0.25) is 0 Å². The Hall–Kier alpha value is -2.81. The highest BCUT2D eigenvalue weighted by molar-refractivity contribution is 6.31. The number of H-pyrrole nitrogens is 1. The van der Waals surface area contributed by atoms with Gasteiger partial charge in [0.15, 0.2) is 0 Å². The average molecular weight is 358 g/mol. The zero-order valence-electron chi connectivity index (χ0n) is 12.0. The molecule has 2 N–H and O–H groups in total. The third-order valence-electron chi connectivity index (χ3n) is 2.67. The van der Waals surface area contributed by atoms with Gasteiger partial charge in [-0.3, -0.25) is 4.57 Å². The number of alkyl halides is 3. The van der Waals surface area contributed by atoms with Crippen LogP contribution in [0, 0.1) is 0 Å². The number of nitrogens with zero attached hydrogens (tertiary/aromatic N) is 3. The van der Waals surface area contributed by atoms with Crippen LogP contribution in [0.1, 0.15) is 5.56 Å². The Balaban J connectivity index is 0.000000355. The Bertz CT molecular complexity index is 755. The van der Waals surface area contributed by atoms with E-state index in [-0.39, 0.29) is 5.69 Å². The molecule has 0 aliphatic heterocycles. The number of aromatic nitrogens is 4. The van der Waals surface area contributed by atoms with Crippen LogP contribution >= 0.6 is 11.6 Å². The number of rotatable bonds is 1. The van der Waals surface area contributed by atoms with Crippen molar-refractivity contribution in [3.05, 3.63) is 66.2 Å². The summed E-state index contributed by atoms with van der Waals surface area (Å²) in [7, 11) is 0. The van der Waals surface area contributed by atoms with Gasteiger partial charge < -0.3 is 10.3 Å². The van der Waals surface area contributed by atoms with Crippen LogP contribution in [0.15, 0.2) is 55.6 Å². The molecule has 2 heterocycles. The molecule has 3 rings (SSSR count). The number of carbonyl (C=O) groups is 1. The SMILES string of the molecule is O=C(Nc1ccc(Cl)c(C(F)(F)F)c1)n1ccnc1.c1c[nH]cn1. The molecule has 0 aliphatic carbocycles. The van der Waals surface area contributed by atoms with E-state index in [0.717, 1.165) is 16.7 Å². The molecule has 0 unspecified atom stereocenters. The monoisotopic (exact) mass is 357 g/mol. The Morgan fingerprint density at radius 3 is 2.54 bits per heavy atom. The predicted octanol–water partition coefficient (Wildman–Crippen LogP) is 4.05. The third-order valence-corrected chi connectivity index (χ3v) is 3.00. The van der Waals surface area contributed by atoms with Crippen molar-refractivity contribution in [1.29, 1.82) is 0 Å². The first-order valence-corrected chi connectivity index (χ1v) is 6.84. The van der Waals surface area contributed by atoms with Gasteiger partial charge in [-0.1, -0.05) is 11.6 Å². The Morgan fingerprint density at radius 2 is 2.04 bits per heavy atom. The van der Waals surface area contributed by atoms with Gasteiger partial charge in [0.25, 0.3) is 0 Å². The standard InChI is InChI=1S/C11H7ClF3N3O.C3H4N2/c12-9-2-1-7(5-8(9)11(13,14)15)17-10(19)18-4-3-16-6-18;1-2-5-3-4-1/h1-6H,(H,17,19);1-3H,(H,4,5). The summed E-state index contributed by atoms with van der Waals surface area (Å²) in [4.78, 5) is 21.7. The topological polar surface area (TPSA) is 75.6 Å². The summed E-state index contributed by atoms with van der Waals surface area (Å²) in [6, 6.07) is 2.52. The second kappa shape index (κ2) is 7.64. The lowest BCUT2D eigenvalue weighted by Crippen LogP contribution is -2.18. The largest absolute Gasteiger partial charge is 0.417 e. The van der Waals surface area contributed by atoms with Crippen molar-refractivity contribution in [2.24, 2.45) is 0 Å². The highest BCUT2D eigenvalue weighted by atomic mass is 35.5. The Morgan fingerprint density at radius 1 is 1.25 bits per heavy atom. The van der Waals surface area contributed by atoms with Crippen LogP contribution < -0.4 is 5.32 Å². The highest BCUT2D eigenvalue weighted by Crippen LogP contribution is 2.36. The molecule has 24 heavy (non-hydrogen) atoms. The van der Waals surface area contributed by atoms with E-state index < -0.39 is 22.8 Å². The first kappa shape index (κ1) is 17.5. The molecule has 0 bridgehead atoms. The molecule has 3 aromatic rings. The fraction of sp³-hybridized carbons (Fsp3) is 0.0714. The molecule has 1 amide bonds. The maximum atomic E-state index is 12.6. The van der Waals surface area contributed by atoms with Crippen LogP contribution in [-0.2, 0) is 6.18 Å². The molecular formula is C14H11ClF3N5O. The van der Waals surface area contributed by atoms with Crippen molar-refractivity contribution in [3.63, 3.8) is 0 Å². The number of halogens is 4. The minimum absolute atomic E-state index is 0.00424. The van der Waals surface area contributed by atoms with Gasteiger partial charge in [0.1, 0.15) is 6.33 Å². The van der Waals surface area contributed by atoms with Gasteiger partial charge >= 0.3 is 12.2 Å². The van der Waals surface area contributed by atoms with E-state index >= 15 is 0 Å². The lowest BCUT2D eigenvalue weighted by atomic mass is 10.2. The smallest absolute Gasteiger partial charge is 0.351 e. The minimum Gasteiger partial charge on any atom is -0.351 e. The maximum Gasteiger partial charge on any atom is 0.417 e. The molecule has 10 heteroatoms. The molecule has 0 spiro atoms. The molecule has 0 saturated heterocycles. The first-order chi connectivity index (χ1) is 11.4. The van der Waals surface area contributed by atoms with Gasteiger partial charge in [-0.25, -0.2) is 14.8 Å². The number of carbonyl (C=O) groups excluding carboxylic acids is 1. The van der Waals surface area contributed by atoms with Crippen LogP contribution in [0.25, 0.3) is 0 Å². The van der Waals surface area contributed by atoms with Crippen LogP contribution in [0.2, 0.25) is 5.02 Å². The van der Waals surface area contributed by atoms with E-state index in [0.29, 0.717) is 0 Å². The third kappa shape index (κ3) is 4.85. The van der Waals surface area contributed by atoms with Gasteiger partial charge in [-0.05, 0) is 18.2 Å². The molecule has 0 aliphatic rings. The molecule has 1 aromatic carbocycles. The zero-order chi connectivity index (χ0) is 17.6. The van der Waals surface area contributed by atoms with Crippen molar-refractivity contribution < 1.29 is 18.0 Å². The second-order valence-electron chi connectivity index (χ2n) is 4.35. The predicted molar refractivity (Wildman–Crippen MR) is 81.7 cm³/mol. The maximum absolute atomic E-state index is 12.6. The average Bonchev–Trinajstić information content (AvgIpc) is 3.24. The number of benzene rings is 1. The molecule has 0 fully saturated rings. The number of hydrogen-bond acceptors (Lipinski definition) is 3. The Labute approximate surface area is 139 Å². The summed E-state index contributed by atoms with van der Waals surface area (Å²) in [6.45, 7) is 0. The Kier molecular flexibility index (Phi) is 5.59. The normalized spacial score (nSPS) is 10.7. The lowest BCUT2D eigenvalue weighted by Gasteiger charge is -2.11. The number of anilines is 1. The number of hydrogen-bond donors (Lipinski definition) is 2. The zero-order valence-corrected chi connectivity index (χ0v) is 12.7. The van der Waals surface area contributed by atoms with E-state index in [1.807, 2.05) is 0 Å². The fourth-order valence-electron chi connectivity index (χ4n) is 1.60. The molecule has 6 nitrogen and oxygen atoms in total. The van der Waals surface area contributed by atoms with Crippen molar-refractivity contribution in [1.82, 2.24) is 19.5 Å². The number of imidazole rings is 2. The molecule has 0 saturated carbocycles. The quantitative estimate of drug-likeness (QED) is 0.690. The van der Waals surface area contributed by atoms with Crippen molar-refractivity contribution in [2.75, 3.05) is 5.32 Å². The number of aromatic amines is 1. The minimum atomic E-state index is -4.58. The summed E-state index contributed by atoms with van der Waals surface area (Å²) in [5.74, 6) is 0. The van der Waals surface area contributed by atoms with Crippen molar-refractivity contribution >= 4 is 23.3 Å². The number of amides is 1. The van der Waals surface area contributed by atoms with Crippen LogP contribution in [0.5, 0.6) is 0 Å². The molecule has 2 aromatic heterocycles. The number of nitrogens with one attached hydrogen (secondary N) is 2. The molecule has 0 radical (unpaired) electrons. The van der Waals surface area contributed by atoms with Crippen LogP contribution in [0.4, 0.5) is 23.7 Å². The highest BCUT2D eigenvalue weighted by Gasteiger charge is 2.33. The summed E-state index contributed by atoms with van der Waals surface area (Å²) in [5, 5.41) is 1.89. The van der Waals surface area contributed by atoms with Gasteiger partial charge in [0, 0.05) is 30.5 Å². The van der Waals surface area contributed by atoms with Crippen molar-refractivity contribution in [3.8, 4) is 0 Å². The summed E-state index contributed by atoms with van der Waals surface area (Å²) in [5.41, 5.74) is -1.01. The van der Waals surface area contributed by atoms with Gasteiger partial charge in [-0.2, -0.15) is 13.2 Å². The van der Waals surface area contributed by atoms with Crippen LogP contribution in [0.3, 0.4) is 0 Å². The second-order valence-corrected chi connectivity index (χ2v) is 4.76. The van der Waals surface area contributed by atoms with E-state index in [1.54, 1.807) is 18.7 Å². The lowest BCUT2D eigenvalue weighted by molar-refractivity contribution is -0.137. The van der Waals surface area contributed by atoms with Crippen molar-refractivity contribution in [2.45, 2.75) is 6.18 Å².